The third-order valence-electron chi connectivity index (χ3n) is 22.2. The summed E-state index contributed by atoms with van der Waals surface area (Å²) in [4.78, 5) is 13.4. The third-order valence-corrected chi connectivity index (χ3v) is 23.3. The highest BCUT2D eigenvalue weighted by Gasteiger charge is 2.38. The van der Waals surface area contributed by atoms with Crippen molar-refractivity contribution in [1.29, 1.82) is 0 Å². The maximum absolute atomic E-state index is 7.31. The van der Waals surface area contributed by atoms with Gasteiger partial charge in [0, 0.05) is 58.3 Å². The van der Waals surface area contributed by atoms with Crippen molar-refractivity contribution in [3.05, 3.63) is 424 Å². The number of para-hydroxylation sites is 1. The number of nitrogens with zero attached hydrogens (tertiary/aromatic N) is 3. The summed E-state index contributed by atoms with van der Waals surface area (Å²) in [6.07, 6.45) is 0. The molecule has 21 rings (SSSR count). The van der Waals surface area contributed by atoms with Crippen LogP contribution >= 0.6 is 11.3 Å². The van der Waals surface area contributed by atoms with Crippen molar-refractivity contribution in [1.82, 2.24) is 15.0 Å². The van der Waals surface area contributed by atoms with Crippen molar-refractivity contribution in [3.63, 3.8) is 0 Å². The molecule has 0 bridgehead atoms. The first-order chi connectivity index (χ1) is 57.2. The minimum atomic E-state index is -0.337. The van der Waals surface area contributed by atoms with Gasteiger partial charge in [0.15, 0.2) is 11.6 Å². The molecule has 3 aromatic heterocycles. The van der Waals surface area contributed by atoms with Crippen molar-refractivity contribution >= 4 is 53.4 Å². The van der Waals surface area contributed by atoms with Gasteiger partial charge in [-0.15, -0.1) is 11.3 Å². The molecular formula is C109H97N3OS. The molecule has 0 radical (unpaired) electrons. The summed E-state index contributed by atoms with van der Waals surface area (Å²) in [6, 6.07) is 113. The molecule has 15 aromatic carbocycles. The van der Waals surface area contributed by atoms with Crippen molar-refractivity contribution in [2.75, 3.05) is 0 Å². The molecule has 5 heteroatoms. The van der Waals surface area contributed by atoms with E-state index in [0.717, 1.165) is 28.1 Å². The molecule has 0 spiro atoms. The van der Waals surface area contributed by atoms with Gasteiger partial charge in [-0.2, -0.15) is 0 Å². The van der Waals surface area contributed by atoms with Crippen molar-refractivity contribution in [2.24, 2.45) is 0 Å². The van der Waals surface area contributed by atoms with Crippen LogP contribution in [-0.2, 0) is 16.2 Å². The zero-order valence-corrected chi connectivity index (χ0v) is 68.1. The third kappa shape index (κ3) is 16.2. The predicted octanol–water partition coefficient (Wildman–Crippen LogP) is 30.0. The Labute approximate surface area is 684 Å². The first-order valence-electron chi connectivity index (χ1n) is 41.7. The molecule has 0 amide bonds. The van der Waals surface area contributed by atoms with Crippen molar-refractivity contribution in [3.8, 4) is 78.4 Å². The molecule has 3 heterocycles. The van der Waals surface area contributed by atoms with E-state index in [2.05, 4.69) is 334 Å². The molecule has 0 aliphatic heterocycles. The molecule has 0 saturated heterocycles. The second-order valence-corrected chi connectivity index (χ2v) is 32.6. The summed E-state index contributed by atoms with van der Waals surface area (Å²) in [6.45, 7) is 28.1. The fraction of sp³-hybridized carbons (Fsp3) is 0.147. The van der Waals surface area contributed by atoms with Crippen LogP contribution in [0.1, 0.15) is 121 Å². The largest absolute Gasteiger partial charge is 0.456 e. The van der Waals surface area contributed by atoms with Gasteiger partial charge in [-0.1, -0.05) is 379 Å². The van der Waals surface area contributed by atoms with Crippen LogP contribution in [0.4, 0.5) is 0 Å². The number of benzene rings is 15. The summed E-state index contributed by atoms with van der Waals surface area (Å²) < 4.78 is 44.8. The molecule has 0 saturated carbocycles. The van der Waals surface area contributed by atoms with Gasteiger partial charge in [0.1, 0.15) is 17.0 Å². The highest BCUT2D eigenvalue weighted by atomic mass is 32.1. The minimum Gasteiger partial charge on any atom is -0.456 e. The topological polar surface area (TPSA) is 51.8 Å². The van der Waals surface area contributed by atoms with Crippen LogP contribution in [0, 0.1) is 48.5 Å². The van der Waals surface area contributed by atoms with E-state index in [0.29, 0.717) is 17.2 Å². The van der Waals surface area contributed by atoms with Gasteiger partial charge in [0.05, 0.1) is 6.85 Å². The Morgan fingerprint density at radius 3 is 1.15 bits per heavy atom. The summed E-state index contributed by atoms with van der Waals surface area (Å²) in [7, 11) is 0. The van der Waals surface area contributed by atoms with Gasteiger partial charge >= 0.3 is 0 Å². The number of aryl methyl sites for hydroxylation is 6. The Hall–Kier alpha value is -12.7. The molecule has 18 aromatic rings. The van der Waals surface area contributed by atoms with Crippen LogP contribution in [0.3, 0.4) is 0 Å². The summed E-state index contributed by atoms with van der Waals surface area (Å²) >= 11 is 1.88. The van der Waals surface area contributed by atoms with Crippen LogP contribution in [0.2, 0.25) is 0 Å². The lowest BCUT2D eigenvalue weighted by molar-refractivity contribution is 0.659. The van der Waals surface area contributed by atoms with Crippen LogP contribution in [-0.4, -0.2) is 15.0 Å². The standard InChI is InChI=1S/2C22H20.C16H13N3.C16H16.C13H10O.C13H10S.C7H8/c1-15-8-10-16(11-9-15)17-12-13-19-18-6-4-5-7-20(18)22(2,3)21(19)14-17;1-15-9-11-18-19-12-10-17(16-7-5-4-6-8-16)14-21(19)22(2,3)20(18)13-15;1-12-17-15(13-8-4-2-5-9-13)19-16(18-12)14-10-6-3-7-11-14;1-11-8-9-13-12-6-4-5-7-14(12)16(2,3)15(13)10-11;2*1-9-6-7-11-10-4-2-3-5-12(10)14-13(11)8-9;1-7-5-3-2-4-6-7/h2*4-14H,1-3H3;2-11H,1H3;4-10H,1-3H3;2*2-8H,1H3;2-6H,1H3/i;;;;;;2D,3D,4D,5D,6D. The first kappa shape index (κ1) is 70.4. The fourth-order valence-corrected chi connectivity index (χ4v) is 17.2. The van der Waals surface area contributed by atoms with E-state index in [9.17, 15) is 0 Å². The lowest BCUT2D eigenvalue weighted by atomic mass is 9.81. The predicted molar refractivity (Wildman–Crippen MR) is 486 cm³/mol. The monoisotopic (exact) mass is 1500 g/mol. The molecule has 114 heavy (non-hydrogen) atoms. The molecular weight excluding hydrogens is 1400 g/mol. The maximum Gasteiger partial charge on any atom is 0.163 e. The average molecular weight is 1500 g/mol. The van der Waals surface area contributed by atoms with E-state index < -0.39 is 0 Å². The van der Waals surface area contributed by atoms with Crippen LogP contribution < -0.4 is 0 Å². The molecule has 3 aliphatic rings. The number of fused-ring (bicyclic) bond motifs is 15. The molecule has 0 atom stereocenters. The molecule has 3 aliphatic carbocycles. The van der Waals surface area contributed by atoms with Gasteiger partial charge in [-0.05, 0) is 185 Å². The average Bonchev–Trinajstić information content (AvgIpc) is 1.59. The fourth-order valence-electron chi connectivity index (χ4n) is 16.0. The molecule has 4 nitrogen and oxygen atoms in total. The maximum atomic E-state index is 7.31. The number of aromatic nitrogens is 3. The van der Waals surface area contributed by atoms with E-state index in [1.54, 1.807) is 0 Å². The highest BCUT2D eigenvalue weighted by molar-refractivity contribution is 7.25. The minimum absolute atomic E-state index is 0.0709. The van der Waals surface area contributed by atoms with Gasteiger partial charge in [-0.3, -0.25) is 0 Å². The molecule has 0 fully saturated rings. The second kappa shape index (κ2) is 32.9. The lowest BCUT2D eigenvalue weighted by Gasteiger charge is -2.22. The van der Waals surface area contributed by atoms with Crippen LogP contribution in [0.5, 0.6) is 0 Å². The van der Waals surface area contributed by atoms with E-state index >= 15 is 0 Å². The normalized spacial score (nSPS) is 13.4. The summed E-state index contributed by atoms with van der Waals surface area (Å²) in [5.74, 6) is 2.16. The zero-order valence-electron chi connectivity index (χ0n) is 72.3. The van der Waals surface area contributed by atoms with Crippen LogP contribution in [0.15, 0.2) is 356 Å². The van der Waals surface area contributed by atoms with Crippen LogP contribution in [0.25, 0.3) is 121 Å². The Morgan fingerprint density at radius 1 is 0.254 bits per heavy atom. The highest BCUT2D eigenvalue weighted by Crippen LogP contribution is 2.52. The van der Waals surface area contributed by atoms with E-state index in [1.807, 2.05) is 97.1 Å². The number of hydrogen-bond acceptors (Lipinski definition) is 5. The Bertz CT molecular complexity index is 6510. The van der Waals surface area contributed by atoms with E-state index in [4.69, 9.17) is 11.3 Å². The number of hydrogen-bond donors (Lipinski definition) is 0. The molecule has 0 unspecified atom stereocenters. The lowest BCUT2D eigenvalue weighted by Crippen LogP contribution is -2.15. The first-order valence-corrected chi connectivity index (χ1v) is 40.0. The SMILES string of the molecule is Cc1ccc(-c2ccc3c(c2)C(C)(C)c2ccccc2-3)cc1.Cc1ccc2c(c1)C(C)(C)c1cc(-c3ccccc3)ccc1-2.Cc1ccc2c(c1)C(C)(C)c1ccccc1-2.Cc1ccc2c(c1)oc1ccccc12.Cc1ccc2c(c1)sc1ccccc12.Cc1nc(-c2ccccc2)nc(-c2ccccc2)n1.[2H]c1c([2H])c([2H])c(C)c([2H])c1[2H]. The summed E-state index contributed by atoms with van der Waals surface area (Å²) in [5.41, 5.74) is 33.3. The molecule has 560 valence electrons. The van der Waals surface area contributed by atoms with E-state index in [-0.39, 0.29) is 46.5 Å². The smallest absolute Gasteiger partial charge is 0.163 e. The van der Waals surface area contributed by atoms with Gasteiger partial charge in [0.25, 0.3) is 0 Å². The van der Waals surface area contributed by atoms with E-state index in [1.165, 1.54) is 155 Å². The van der Waals surface area contributed by atoms with Crippen molar-refractivity contribution < 1.29 is 11.3 Å². The Kier molecular flexibility index (Phi) is 20.4. The molecule has 0 N–H and O–H groups in total. The second-order valence-electron chi connectivity index (χ2n) is 31.5. The quantitative estimate of drug-likeness (QED) is 0.176. The van der Waals surface area contributed by atoms with Gasteiger partial charge < -0.3 is 4.42 Å². The van der Waals surface area contributed by atoms with Gasteiger partial charge in [-0.25, -0.2) is 15.0 Å². The zero-order chi connectivity index (χ0) is 83.6. The van der Waals surface area contributed by atoms with Gasteiger partial charge in [0.2, 0.25) is 0 Å². The Balaban J connectivity index is 0.000000109. The number of thiophene rings is 1. The summed E-state index contributed by atoms with van der Waals surface area (Å²) in [5, 5.41) is 5.16. The Morgan fingerprint density at radius 2 is 0.614 bits per heavy atom. The van der Waals surface area contributed by atoms with Crippen molar-refractivity contribution in [2.45, 2.75) is 106 Å². The number of furan rings is 1. The number of rotatable bonds is 4.